The summed E-state index contributed by atoms with van der Waals surface area (Å²) in [7, 11) is 0. The molecule has 0 saturated carbocycles. The predicted octanol–water partition coefficient (Wildman–Crippen LogP) is 4.28. The minimum absolute atomic E-state index is 0.0601. The quantitative estimate of drug-likeness (QED) is 0.456. The van der Waals surface area contributed by atoms with Crippen molar-refractivity contribution in [2.24, 2.45) is 0 Å². The van der Waals surface area contributed by atoms with Gasteiger partial charge in [-0.25, -0.2) is 15.0 Å². The lowest BCUT2D eigenvalue weighted by atomic mass is 10.1. The molecule has 0 bridgehead atoms. The molecule has 0 aliphatic heterocycles. The minimum Gasteiger partial charge on any atom is -0.326 e. The summed E-state index contributed by atoms with van der Waals surface area (Å²) >= 11 is 4.76. The van der Waals surface area contributed by atoms with Crippen LogP contribution in [0, 0.1) is 0 Å². The van der Waals surface area contributed by atoms with Gasteiger partial charge in [-0.15, -0.1) is 11.3 Å². The molecule has 7 nitrogen and oxygen atoms in total. The Morgan fingerprint density at radius 2 is 1.86 bits per heavy atom. The molecule has 0 atom stereocenters. The summed E-state index contributed by atoms with van der Waals surface area (Å²) in [5.74, 6) is -0.572. The molecule has 0 fully saturated rings. The number of halogens is 1. The maximum Gasteiger partial charge on any atom is 0.295 e. The van der Waals surface area contributed by atoms with E-state index in [2.05, 4.69) is 41.5 Å². The van der Waals surface area contributed by atoms with Crippen molar-refractivity contribution in [3.05, 3.63) is 76.2 Å². The molecule has 0 saturated heterocycles. The number of anilines is 2. The van der Waals surface area contributed by atoms with Crippen LogP contribution in [-0.2, 0) is 11.2 Å². The van der Waals surface area contributed by atoms with Gasteiger partial charge in [0.1, 0.15) is 0 Å². The van der Waals surface area contributed by atoms with Gasteiger partial charge in [-0.05, 0) is 35.0 Å². The number of carbonyl (C=O) groups excluding carboxylic acids is 2. The highest BCUT2D eigenvalue weighted by Crippen LogP contribution is 2.26. The van der Waals surface area contributed by atoms with E-state index in [0.29, 0.717) is 16.5 Å². The van der Waals surface area contributed by atoms with Crippen LogP contribution in [0.1, 0.15) is 16.3 Å². The molecule has 29 heavy (non-hydrogen) atoms. The zero-order valence-corrected chi connectivity index (χ0v) is 17.3. The van der Waals surface area contributed by atoms with Crippen molar-refractivity contribution >= 4 is 60.7 Å². The number of amides is 2. The topological polar surface area (TPSA) is 96.9 Å². The van der Waals surface area contributed by atoms with E-state index in [9.17, 15) is 9.59 Å². The Labute approximate surface area is 178 Å². The van der Waals surface area contributed by atoms with Crippen LogP contribution in [0.4, 0.5) is 10.8 Å². The Hall–Kier alpha value is -3.17. The number of nitrogens with zero attached hydrogens (tertiary/aromatic N) is 3. The van der Waals surface area contributed by atoms with Gasteiger partial charge < -0.3 is 5.32 Å². The molecule has 0 spiro atoms. The zero-order valence-electron chi connectivity index (χ0n) is 14.9. The Bertz CT molecular complexity index is 1200. The van der Waals surface area contributed by atoms with Crippen molar-refractivity contribution in [1.82, 2.24) is 15.0 Å². The van der Waals surface area contributed by atoms with E-state index < -0.39 is 5.91 Å². The van der Waals surface area contributed by atoms with Crippen LogP contribution >= 0.6 is 27.3 Å². The highest BCUT2D eigenvalue weighted by molar-refractivity contribution is 9.10. The van der Waals surface area contributed by atoms with Crippen molar-refractivity contribution in [2.45, 2.75) is 6.42 Å². The van der Waals surface area contributed by atoms with Crippen molar-refractivity contribution in [1.29, 1.82) is 0 Å². The summed E-state index contributed by atoms with van der Waals surface area (Å²) in [5, 5.41) is 9.74. The molecular formula is C20H14BrN5O2S. The first-order valence-corrected chi connectivity index (χ1v) is 10.3. The number of hydrogen-bond donors (Lipinski definition) is 2. The molecule has 9 heteroatoms. The molecule has 2 amide bonds. The Balaban J connectivity index is 1.38. The molecule has 0 aliphatic rings. The summed E-state index contributed by atoms with van der Waals surface area (Å²) in [6, 6.07) is 13.3. The van der Waals surface area contributed by atoms with Crippen LogP contribution < -0.4 is 10.6 Å². The summed E-state index contributed by atoms with van der Waals surface area (Å²) in [6.45, 7) is 0. The lowest BCUT2D eigenvalue weighted by molar-refractivity contribution is -0.115. The number of hydrogen-bond acceptors (Lipinski definition) is 6. The number of thiazole rings is 1. The number of nitrogens with one attached hydrogen (secondary N) is 2. The second-order valence-electron chi connectivity index (χ2n) is 6.07. The number of fused-ring (bicyclic) bond motifs is 1. The second kappa shape index (κ2) is 8.46. The number of rotatable bonds is 5. The molecule has 144 valence electrons. The van der Waals surface area contributed by atoms with E-state index in [4.69, 9.17) is 0 Å². The third kappa shape index (κ3) is 4.64. The van der Waals surface area contributed by atoms with Crippen molar-refractivity contribution in [2.75, 3.05) is 10.6 Å². The van der Waals surface area contributed by atoms with E-state index in [-0.39, 0.29) is 18.2 Å². The summed E-state index contributed by atoms with van der Waals surface area (Å²) in [5.41, 5.74) is 1.28. The van der Waals surface area contributed by atoms with Gasteiger partial charge in [-0.2, -0.15) is 0 Å². The normalized spacial score (nSPS) is 10.7. The van der Waals surface area contributed by atoms with Crippen LogP contribution in [0.25, 0.3) is 10.8 Å². The van der Waals surface area contributed by atoms with Crippen LogP contribution in [-0.4, -0.2) is 26.8 Å². The molecule has 4 rings (SSSR count). The number of carbonyl (C=O) groups is 2. The van der Waals surface area contributed by atoms with Gasteiger partial charge in [-0.1, -0.05) is 34.1 Å². The summed E-state index contributed by atoms with van der Waals surface area (Å²) < 4.78 is 1.01. The fourth-order valence-electron chi connectivity index (χ4n) is 2.71. The van der Waals surface area contributed by atoms with Crippen molar-refractivity contribution < 1.29 is 9.59 Å². The van der Waals surface area contributed by atoms with Gasteiger partial charge in [0.15, 0.2) is 5.13 Å². The van der Waals surface area contributed by atoms with Crippen LogP contribution in [0.2, 0.25) is 0 Å². The van der Waals surface area contributed by atoms with Crippen molar-refractivity contribution in [3.8, 4) is 0 Å². The standard InChI is InChI=1S/C20H14BrN5O2S/c21-16-4-1-3-12-9-13(5-6-15(12)16)24-17(27)10-14-11-29-20(25-14)26-19(28)18-22-7-2-8-23-18/h1-9,11H,10H2,(H,24,27)(H,25,26,28). The van der Waals surface area contributed by atoms with E-state index in [1.165, 1.54) is 23.7 Å². The van der Waals surface area contributed by atoms with Gasteiger partial charge in [0.05, 0.1) is 12.1 Å². The maximum absolute atomic E-state index is 12.4. The molecule has 2 aromatic carbocycles. The third-order valence-electron chi connectivity index (χ3n) is 3.99. The Morgan fingerprint density at radius 1 is 1.03 bits per heavy atom. The third-order valence-corrected chi connectivity index (χ3v) is 5.49. The first-order valence-electron chi connectivity index (χ1n) is 8.59. The molecule has 2 N–H and O–H groups in total. The lowest BCUT2D eigenvalue weighted by Crippen LogP contribution is -2.16. The molecule has 2 heterocycles. The Kier molecular flexibility index (Phi) is 5.59. The van der Waals surface area contributed by atoms with Gasteiger partial charge in [0.2, 0.25) is 11.7 Å². The first kappa shape index (κ1) is 19.2. The fraction of sp³-hybridized carbons (Fsp3) is 0.0500. The Morgan fingerprint density at radius 3 is 2.69 bits per heavy atom. The molecule has 0 unspecified atom stereocenters. The van der Waals surface area contributed by atoms with Gasteiger partial charge >= 0.3 is 0 Å². The zero-order chi connectivity index (χ0) is 20.2. The average Bonchev–Trinajstić information content (AvgIpc) is 3.15. The predicted molar refractivity (Wildman–Crippen MR) is 116 cm³/mol. The van der Waals surface area contributed by atoms with Gasteiger partial charge in [-0.3, -0.25) is 14.9 Å². The maximum atomic E-state index is 12.4. The van der Waals surface area contributed by atoms with E-state index in [1.54, 1.807) is 11.4 Å². The lowest BCUT2D eigenvalue weighted by Gasteiger charge is -2.07. The van der Waals surface area contributed by atoms with E-state index >= 15 is 0 Å². The first-order chi connectivity index (χ1) is 14.1. The second-order valence-corrected chi connectivity index (χ2v) is 7.78. The van der Waals surface area contributed by atoms with Gasteiger partial charge in [0.25, 0.3) is 5.91 Å². The van der Waals surface area contributed by atoms with Gasteiger partial charge in [0, 0.05) is 27.9 Å². The molecular weight excluding hydrogens is 454 g/mol. The highest BCUT2D eigenvalue weighted by Gasteiger charge is 2.13. The minimum atomic E-state index is -0.446. The van der Waals surface area contributed by atoms with Crippen LogP contribution in [0.15, 0.2) is 64.7 Å². The number of aromatic nitrogens is 3. The molecule has 4 aromatic rings. The highest BCUT2D eigenvalue weighted by atomic mass is 79.9. The molecule has 2 aromatic heterocycles. The fourth-order valence-corrected chi connectivity index (χ4v) is 3.93. The monoisotopic (exact) mass is 467 g/mol. The van der Waals surface area contributed by atoms with Crippen molar-refractivity contribution in [3.63, 3.8) is 0 Å². The molecule has 0 aliphatic carbocycles. The largest absolute Gasteiger partial charge is 0.326 e. The van der Waals surface area contributed by atoms with E-state index in [0.717, 1.165) is 15.2 Å². The summed E-state index contributed by atoms with van der Waals surface area (Å²) in [6.07, 6.45) is 3.08. The van der Waals surface area contributed by atoms with Crippen LogP contribution in [0.3, 0.4) is 0 Å². The van der Waals surface area contributed by atoms with Crippen LogP contribution in [0.5, 0.6) is 0 Å². The average molecular weight is 468 g/mol. The van der Waals surface area contributed by atoms with E-state index in [1.807, 2.05) is 36.4 Å². The number of benzene rings is 2. The SMILES string of the molecule is O=C(Cc1csc(NC(=O)c2ncccn2)n1)Nc1ccc2c(Br)cccc2c1. The summed E-state index contributed by atoms with van der Waals surface area (Å²) in [4.78, 5) is 36.5. The smallest absolute Gasteiger partial charge is 0.295 e. The molecule has 0 radical (unpaired) electrons.